The summed E-state index contributed by atoms with van der Waals surface area (Å²) < 4.78 is 21.1. The van der Waals surface area contributed by atoms with Crippen LogP contribution >= 0.6 is 0 Å². The molecule has 3 N–H and O–H groups in total. The molecule has 38 heavy (non-hydrogen) atoms. The van der Waals surface area contributed by atoms with Gasteiger partial charge in [0.2, 0.25) is 5.91 Å². The van der Waals surface area contributed by atoms with Crippen molar-refractivity contribution >= 4 is 32.5 Å². The highest BCUT2D eigenvalue weighted by atomic mass is 32.2. The number of nitrogens with one attached hydrogen (secondary N) is 2. The van der Waals surface area contributed by atoms with Crippen molar-refractivity contribution in [2.75, 3.05) is 20.7 Å². The van der Waals surface area contributed by atoms with Crippen LogP contribution in [0.1, 0.15) is 76.2 Å². The van der Waals surface area contributed by atoms with Crippen LogP contribution in [0.15, 0.2) is 35.2 Å². The van der Waals surface area contributed by atoms with Gasteiger partial charge in [-0.3, -0.25) is 14.5 Å². The summed E-state index contributed by atoms with van der Waals surface area (Å²) in [5.74, 6) is -0.228. The third-order valence-electron chi connectivity index (χ3n) is 8.12. The van der Waals surface area contributed by atoms with Gasteiger partial charge >= 0.3 is 5.97 Å². The number of benzene rings is 1. The maximum absolute atomic E-state index is 13.1. The molecule has 3 aliphatic rings. The molecule has 0 bridgehead atoms. The number of methoxy groups -OCH3 is 1. The van der Waals surface area contributed by atoms with Gasteiger partial charge in [-0.1, -0.05) is 43.5 Å². The first kappa shape index (κ1) is 28.8. The minimum atomic E-state index is -2.27. The highest BCUT2D eigenvalue weighted by Gasteiger charge is 2.41. The van der Waals surface area contributed by atoms with Gasteiger partial charge in [-0.25, -0.2) is 8.93 Å². The van der Waals surface area contributed by atoms with Crippen LogP contribution in [0.25, 0.3) is 6.08 Å². The first-order chi connectivity index (χ1) is 18.4. The van der Waals surface area contributed by atoms with Crippen molar-refractivity contribution in [3.63, 3.8) is 0 Å². The molecule has 1 aromatic rings. The summed E-state index contributed by atoms with van der Waals surface area (Å²) in [5, 5.41) is 14.5. The average Bonchev–Trinajstić information content (AvgIpc) is 3.70. The number of amides is 1. The quantitative estimate of drug-likeness (QED) is 0.291. The van der Waals surface area contributed by atoms with Crippen LogP contribution in [0.3, 0.4) is 0 Å². The van der Waals surface area contributed by atoms with E-state index in [0.29, 0.717) is 25.8 Å². The molecule has 0 spiro atoms. The van der Waals surface area contributed by atoms with E-state index in [1.54, 1.807) is 7.05 Å². The van der Waals surface area contributed by atoms with E-state index in [0.717, 1.165) is 60.3 Å². The van der Waals surface area contributed by atoms with E-state index in [2.05, 4.69) is 10.0 Å². The van der Waals surface area contributed by atoms with Crippen LogP contribution in [-0.2, 0) is 24.0 Å². The highest BCUT2D eigenvalue weighted by Crippen LogP contribution is 2.31. The summed E-state index contributed by atoms with van der Waals surface area (Å²) in [6.45, 7) is 0.615. The number of rotatable bonds is 11. The zero-order valence-electron chi connectivity index (χ0n) is 22.7. The van der Waals surface area contributed by atoms with Gasteiger partial charge in [0.1, 0.15) is 12.3 Å². The summed E-state index contributed by atoms with van der Waals surface area (Å²) in [5.41, 5.74) is 0.992. The van der Waals surface area contributed by atoms with E-state index in [9.17, 15) is 18.9 Å². The molecular weight excluding hydrogens is 502 g/mol. The maximum atomic E-state index is 13.1. The molecule has 9 heteroatoms. The molecule has 3 fully saturated rings. The van der Waals surface area contributed by atoms with Crippen LogP contribution in [0.5, 0.6) is 0 Å². The predicted octanol–water partition coefficient (Wildman–Crippen LogP) is 3.24. The molecule has 0 aromatic heterocycles. The lowest BCUT2D eigenvalue weighted by Gasteiger charge is -2.39. The van der Waals surface area contributed by atoms with Crippen molar-refractivity contribution in [1.82, 2.24) is 14.9 Å². The number of nitrogens with zero attached hydrogens (tertiary/aromatic N) is 1. The molecule has 2 saturated carbocycles. The Morgan fingerprint density at radius 2 is 1.84 bits per heavy atom. The lowest BCUT2D eigenvalue weighted by Crippen LogP contribution is -2.57. The van der Waals surface area contributed by atoms with Crippen molar-refractivity contribution in [2.24, 2.45) is 5.92 Å². The Morgan fingerprint density at radius 3 is 2.47 bits per heavy atom. The third kappa shape index (κ3) is 6.86. The van der Waals surface area contributed by atoms with Crippen molar-refractivity contribution in [1.29, 1.82) is 0 Å². The minimum Gasteiger partial charge on any atom is -0.468 e. The molecule has 1 aromatic carbocycles. The zero-order valence-corrected chi connectivity index (χ0v) is 23.5. The number of allylic oxidation sites excluding steroid dienone is 1. The molecule has 4 unspecified atom stereocenters. The number of hydrogen-bond donors (Lipinski definition) is 3. The van der Waals surface area contributed by atoms with Crippen LogP contribution in [0.2, 0.25) is 0 Å². The maximum Gasteiger partial charge on any atom is 0.323 e. The Hall–Kier alpha value is -2.20. The molecular formula is C29H43N3O5S. The second-order valence-corrected chi connectivity index (χ2v) is 13.2. The van der Waals surface area contributed by atoms with E-state index < -0.39 is 28.0 Å². The standard InChI is InChI=1S/C29H43N3O5S/c1-30-38(36,24-18-19-24)23-16-14-21(15-17-23)9-6-7-13-26(33)31-27(22-10-4-3-5-11-22)28(34)32-20-8-12-25(32)29(35)37-2/h6,9,14-17,22,25,27-28,34H,3-5,7-8,10-13,18-20H2,1-2H3,(H,30,36)(H,31,33)/b9-6-. The highest BCUT2D eigenvalue weighted by molar-refractivity contribution is 8.01. The van der Waals surface area contributed by atoms with Gasteiger partial charge in [-0.2, -0.15) is 0 Å². The first-order valence-electron chi connectivity index (χ1n) is 14.0. The summed E-state index contributed by atoms with van der Waals surface area (Å²) >= 11 is 0. The second kappa shape index (κ2) is 13.2. The number of aliphatic hydroxyl groups is 1. The molecule has 4 atom stereocenters. The molecule has 1 aliphatic heterocycles. The van der Waals surface area contributed by atoms with E-state index >= 15 is 0 Å². The molecule has 210 valence electrons. The molecule has 1 amide bonds. The van der Waals surface area contributed by atoms with Crippen LogP contribution in [-0.4, -0.2) is 70.0 Å². The Bertz CT molecular complexity index is 1110. The van der Waals surface area contributed by atoms with E-state index in [1.807, 2.05) is 41.3 Å². The normalized spacial score (nSPS) is 23.7. The van der Waals surface area contributed by atoms with Crippen LogP contribution in [0, 0.1) is 5.92 Å². The first-order valence-corrected chi connectivity index (χ1v) is 15.6. The number of hydrogen-bond acceptors (Lipinski definition) is 6. The monoisotopic (exact) mass is 545 g/mol. The zero-order chi connectivity index (χ0) is 27.1. The van der Waals surface area contributed by atoms with Gasteiger partial charge in [-0.05, 0) is 75.6 Å². The largest absolute Gasteiger partial charge is 0.468 e. The third-order valence-corrected chi connectivity index (χ3v) is 10.9. The number of aliphatic hydroxyl groups excluding tert-OH is 1. The lowest BCUT2D eigenvalue weighted by molar-refractivity contribution is -0.152. The molecule has 4 rings (SSSR count). The summed E-state index contributed by atoms with van der Waals surface area (Å²) in [6, 6.07) is 6.86. The smallest absolute Gasteiger partial charge is 0.323 e. The van der Waals surface area contributed by atoms with Gasteiger partial charge < -0.3 is 15.2 Å². The van der Waals surface area contributed by atoms with Crippen molar-refractivity contribution in [3.8, 4) is 0 Å². The summed E-state index contributed by atoms with van der Waals surface area (Å²) in [7, 11) is 0.851. The topological polar surface area (TPSA) is 108 Å². The van der Waals surface area contributed by atoms with Gasteiger partial charge in [0.25, 0.3) is 0 Å². The minimum absolute atomic E-state index is 0.0938. The number of carbonyl (C=O) groups is 2. The Balaban J connectivity index is 1.34. The van der Waals surface area contributed by atoms with E-state index in [4.69, 9.17) is 4.74 Å². The van der Waals surface area contributed by atoms with Crippen molar-refractivity contribution < 1.29 is 23.6 Å². The average molecular weight is 546 g/mol. The lowest BCUT2D eigenvalue weighted by atomic mass is 9.82. The van der Waals surface area contributed by atoms with E-state index in [1.165, 1.54) is 13.5 Å². The van der Waals surface area contributed by atoms with E-state index in [-0.39, 0.29) is 17.8 Å². The van der Waals surface area contributed by atoms with Gasteiger partial charge in [0.05, 0.1) is 22.9 Å². The van der Waals surface area contributed by atoms with Gasteiger partial charge in [0.15, 0.2) is 0 Å². The fourth-order valence-electron chi connectivity index (χ4n) is 5.86. The molecule has 8 nitrogen and oxygen atoms in total. The molecule has 1 heterocycles. The molecule has 1 saturated heterocycles. The fourth-order valence-corrected chi connectivity index (χ4v) is 7.91. The molecule has 2 aliphatic carbocycles. The summed E-state index contributed by atoms with van der Waals surface area (Å²) in [6.07, 6.45) is 12.5. The predicted molar refractivity (Wildman–Crippen MR) is 151 cm³/mol. The number of ether oxygens (including phenoxy) is 1. The van der Waals surface area contributed by atoms with Gasteiger partial charge in [-0.15, -0.1) is 0 Å². The Labute approximate surface area is 227 Å². The number of esters is 1. The Kier molecular flexibility index (Phi) is 10.0. The number of likely N-dealkylation sites (tertiary alicyclic amines) is 1. The van der Waals surface area contributed by atoms with Crippen LogP contribution < -0.4 is 10.0 Å². The second-order valence-electron chi connectivity index (χ2n) is 10.6. The van der Waals surface area contributed by atoms with Gasteiger partial charge in [0, 0.05) is 22.7 Å². The van der Waals surface area contributed by atoms with Crippen LogP contribution in [0.4, 0.5) is 0 Å². The van der Waals surface area contributed by atoms with Crippen molar-refractivity contribution in [2.45, 2.75) is 93.8 Å². The van der Waals surface area contributed by atoms with Crippen molar-refractivity contribution in [3.05, 3.63) is 35.9 Å². The fraction of sp³-hybridized carbons (Fsp3) is 0.621. The Morgan fingerprint density at radius 1 is 1.13 bits per heavy atom. The number of carbonyl (C=O) groups excluding carboxylic acids is 2. The SMILES string of the molecule is CNS(=O)(=C1CC1)c1ccc(/C=C\CCC(=O)NC(C2CCCCC2)C(O)N2CCCC2C(=O)OC)cc1. The molecule has 0 radical (unpaired) electrons. The summed E-state index contributed by atoms with van der Waals surface area (Å²) in [4.78, 5) is 28.9.